The molecule has 0 radical (unpaired) electrons. The van der Waals surface area contributed by atoms with Crippen LogP contribution >= 0.6 is 0 Å². The van der Waals surface area contributed by atoms with Crippen molar-refractivity contribution < 1.29 is 4.74 Å². The van der Waals surface area contributed by atoms with E-state index in [0.717, 1.165) is 12.6 Å². The molecule has 0 aromatic rings. The topological polar surface area (TPSA) is 24.5 Å². The van der Waals surface area contributed by atoms with E-state index in [1.54, 1.807) is 0 Å². The molecule has 1 aliphatic heterocycles. The fraction of sp³-hybridized carbons (Fsp3) is 1.00. The van der Waals surface area contributed by atoms with Gasteiger partial charge in [-0.25, -0.2) is 0 Å². The van der Waals surface area contributed by atoms with Crippen molar-refractivity contribution in [1.82, 2.24) is 10.2 Å². The Labute approximate surface area is 93.2 Å². The molecule has 88 valence electrons. The highest BCUT2D eigenvalue weighted by atomic mass is 16.5. The van der Waals surface area contributed by atoms with Gasteiger partial charge in [-0.05, 0) is 46.2 Å². The normalized spacial score (nSPS) is 37.0. The molecule has 1 heterocycles. The second-order valence-corrected chi connectivity index (χ2v) is 5.62. The van der Waals surface area contributed by atoms with Crippen LogP contribution in [-0.4, -0.2) is 49.3 Å². The number of methoxy groups -OCH3 is 1. The maximum Gasteiger partial charge on any atom is 0.0601 e. The lowest BCUT2D eigenvalue weighted by Gasteiger charge is -2.44. The molecule has 15 heavy (non-hydrogen) atoms. The highest BCUT2D eigenvalue weighted by molar-refractivity contribution is 4.93. The van der Waals surface area contributed by atoms with E-state index >= 15 is 0 Å². The first-order chi connectivity index (χ1) is 7.11. The third kappa shape index (κ3) is 2.71. The Morgan fingerprint density at radius 1 is 1.33 bits per heavy atom. The summed E-state index contributed by atoms with van der Waals surface area (Å²) in [6.45, 7) is 8.19. The van der Waals surface area contributed by atoms with Crippen molar-refractivity contribution in [3.63, 3.8) is 0 Å². The van der Waals surface area contributed by atoms with Gasteiger partial charge in [0, 0.05) is 25.2 Å². The van der Waals surface area contributed by atoms with Crippen molar-refractivity contribution in [3.05, 3.63) is 0 Å². The zero-order valence-corrected chi connectivity index (χ0v) is 10.3. The average molecular weight is 212 g/mol. The van der Waals surface area contributed by atoms with Crippen LogP contribution in [0.3, 0.4) is 0 Å². The van der Waals surface area contributed by atoms with Crippen LogP contribution < -0.4 is 5.32 Å². The Morgan fingerprint density at radius 2 is 2.07 bits per heavy atom. The van der Waals surface area contributed by atoms with Crippen LogP contribution in [0.25, 0.3) is 0 Å². The molecular formula is C12H24N2O. The minimum absolute atomic E-state index is 0.272. The number of nitrogens with zero attached hydrogens (tertiary/aromatic N) is 1. The maximum atomic E-state index is 5.35. The molecule has 3 nitrogen and oxygen atoms in total. The second kappa shape index (κ2) is 4.40. The van der Waals surface area contributed by atoms with Crippen LogP contribution in [0.4, 0.5) is 0 Å². The lowest BCUT2D eigenvalue weighted by atomic mass is 9.87. The van der Waals surface area contributed by atoms with Crippen LogP contribution in [0.2, 0.25) is 0 Å². The number of hydrogen-bond acceptors (Lipinski definition) is 3. The zero-order chi connectivity index (χ0) is 10.9. The highest BCUT2D eigenvalue weighted by Gasteiger charge is 2.36. The van der Waals surface area contributed by atoms with Gasteiger partial charge in [0.1, 0.15) is 0 Å². The number of ether oxygens (including phenoxy) is 1. The molecule has 1 saturated carbocycles. The van der Waals surface area contributed by atoms with Gasteiger partial charge in [-0.1, -0.05) is 0 Å². The monoisotopic (exact) mass is 212 g/mol. The molecule has 2 fully saturated rings. The van der Waals surface area contributed by atoms with Crippen LogP contribution in [0, 0.1) is 0 Å². The van der Waals surface area contributed by atoms with Crippen LogP contribution in [-0.2, 0) is 4.74 Å². The molecule has 3 heteroatoms. The fourth-order valence-corrected chi connectivity index (χ4v) is 2.69. The largest absolute Gasteiger partial charge is 0.381 e. The molecular weight excluding hydrogens is 188 g/mol. The van der Waals surface area contributed by atoms with Gasteiger partial charge >= 0.3 is 0 Å². The third-order valence-electron chi connectivity index (χ3n) is 3.74. The Balaban J connectivity index is 1.86. The van der Waals surface area contributed by atoms with E-state index in [2.05, 4.69) is 24.1 Å². The fourth-order valence-electron chi connectivity index (χ4n) is 2.69. The van der Waals surface area contributed by atoms with Crippen molar-refractivity contribution >= 4 is 0 Å². The smallest absolute Gasteiger partial charge is 0.0601 e. The van der Waals surface area contributed by atoms with Gasteiger partial charge < -0.3 is 10.1 Å². The molecule has 1 saturated heterocycles. The molecule has 1 aliphatic carbocycles. The lowest BCUT2D eigenvalue weighted by molar-refractivity contribution is -0.0302. The van der Waals surface area contributed by atoms with Gasteiger partial charge in [0.15, 0.2) is 0 Å². The first-order valence-electron chi connectivity index (χ1n) is 6.12. The van der Waals surface area contributed by atoms with Gasteiger partial charge in [0.2, 0.25) is 0 Å². The van der Waals surface area contributed by atoms with Gasteiger partial charge in [0.25, 0.3) is 0 Å². The van der Waals surface area contributed by atoms with Crippen molar-refractivity contribution in [2.75, 3.05) is 26.7 Å². The van der Waals surface area contributed by atoms with E-state index in [9.17, 15) is 0 Å². The van der Waals surface area contributed by atoms with E-state index in [1.165, 1.54) is 32.4 Å². The summed E-state index contributed by atoms with van der Waals surface area (Å²) in [5.41, 5.74) is 0.272. The van der Waals surface area contributed by atoms with Gasteiger partial charge in [-0.15, -0.1) is 0 Å². The Bertz CT molecular complexity index is 212. The Morgan fingerprint density at radius 3 is 2.73 bits per heavy atom. The SMILES string of the molecule is COC1CC(N2CCCNC(C)(C)C2)C1. The summed E-state index contributed by atoms with van der Waals surface area (Å²) in [6, 6.07) is 0.772. The Kier molecular flexibility index (Phi) is 3.33. The van der Waals surface area contributed by atoms with E-state index < -0.39 is 0 Å². The highest BCUT2D eigenvalue weighted by Crippen LogP contribution is 2.29. The van der Waals surface area contributed by atoms with E-state index in [1.807, 2.05) is 7.11 Å². The van der Waals surface area contributed by atoms with Crippen LogP contribution in [0.15, 0.2) is 0 Å². The quantitative estimate of drug-likeness (QED) is 0.745. The standard InChI is InChI=1S/C12H24N2O/c1-12(2)9-14(6-4-5-13-12)10-7-11(8-10)15-3/h10-11,13H,4-9H2,1-3H3. The minimum atomic E-state index is 0.272. The second-order valence-electron chi connectivity index (χ2n) is 5.62. The molecule has 1 N–H and O–H groups in total. The van der Waals surface area contributed by atoms with Crippen molar-refractivity contribution in [1.29, 1.82) is 0 Å². The Hall–Kier alpha value is -0.120. The van der Waals surface area contributed by atoms with Crippen LogP contribution in [0.1, 0.15) is 33.1 Å². The summed E-state index contributed by atoms with van der Waals surface area (Å²) in [6.07, 6.45) is 4.26. The third-order valence-corrected chi connectivity index (χ3v) is 3.74. The number of nitrogens with one attached hydrogen (secondary N) is 1. The van der Waals surface area contributed by atoms with Gasteiger partial charge in [0.05, 0.1) is 6.10 Å². The van der Waals surface area contributed by atoms with E-state index in [-0.39, 0.29) is 5.54 Å². The summed E-state index contributed by atoms with van der Waals surface area (Å²) in [7, 11) is 1.83. The zero-order valence-electron chi connectivity index (χ0n) is 10.3. The molecule has 2 rings (SSSR count). The molecule has 0 aromatic carbocycles. The predicted molar refractivity (Wildman–Crippen MR) is 62.1 cm³/mol. The summed E-state index contributed by atoms with van der Waals surface area (Å²) in [5, 5.41) is 3.61. The number of hydrogen-bond donors (Lipinski definition) is 1. The maximum absolute atomic E-state index is 5.35. The van der Waals surface area contributed by atoms with E-state index in [0.29, 0.717) is 6.10 Å². The molecule has 0 atom stereocenters. The first-order valence-corrected chi connectivity index (χ1v) is 6.12. The molecule has 0 bridgehead atoms. The van der Waals surface area contributed by atoms with Crippen LogP contribution in [0.5, 0.6) is 0 Å². The van der Waals surface area contributed by atoms with Crippen molar-refractivity contribution in [3.8, 4) is 0 Å². The molecule has 0 aromatic heterocycles. The average Bonchev–Trinajstić information content (AvgIpc) is 2.25. The minimum Gasteiger partial charge on any atom is -0.381 e. The van der Waals surface area contributed by atoms with Crippen molar-refractivity contribution in [2.24, 2.45) is 0 Å². The molecule has 0 spiro atoms. The summed E-state index contributed by atoms with van der Waals surface area (Å²) in [5.74, 6) is 0. The lowest BCUT2D eigenvalue weighted by Crippen LogP contribution is -2.53. The molecule has 0 amide bonds. The van der Waals surface area contributed by atoms with Gasteiger partial charge in [-0.2, -0.15) is 0 Å². The molecule has 0 unspecified atom stereocenters. The van der Waals surface area contributed by atoms with Gasteiger partial charge in [-0.3, -0.25) is 4.90 Å². The summed E-state index contributed by atoms with van der Waals surface area (Å²) < 4.78 is 5.35. The molecule has 2 aliphatic rings. The summed E-state index contributed by atoms with van der Waals surface area (Å²) in [4.78, 5) is 2.65. The first kappa shape index (κ1) is 11.4. The number of rotatable bonds is 2. The predicted octanol–water partition coefficient (Wildman–Crippen LogP) is 1.24. The summed E-state index contributed by atoms with van der Waals surface area (Å²) >= 11 is 0. The van der Waals surface area contributed by atoms with Crippen molar-refractivity contribution in [2.45, 2.75) is 50.8 Å². The van der Waals surface area contributed by atoms with E-state index in [4.69, 9.17) is 4.74 Å².